The first-order chi connectivity index (χ1) is 12.5. The van der Waals surface area contributed by atoms with E-state index in [1.165, 1.54) is 11.8 Å². The Morgan fingerprint density at radius 3 is 2.12 bits per heavy atom. The third-order valence-electron chi connectivity index (χ3n) is 3.85. The Morgan fingerprint density at radius 1 is 1.00 bits per heavy atom. The number of hydrogen-bond donors (Lipinski definition) is 2. The van der Waals surface area contributed by atoms with E-state index in [1.807, 2.05) is 60.7 Å². The van der Waals surface area contributed by atoms with Crippen LogP contribution in [-0.2, 0) is 20.9 Å². The largest absolute Gasteiger partial charge is 0.480 e. The maximum absolute atomic E-state index is 12.8. The van der Waals surface area contributed by atoms with Crippen LogP contribution < -0.4 is 5.32 Å². The molecule has 26 heavy (non-hydrogen) atoms. The van der Waals surface area contributed by atoms with Crippen LogP contribution >= 0.6 is 0 Å². The summed E-state index contributed by atoms with van der Waals surface area (Å²) in [5.74, 6) is -1.66. The molecule has 0 unspecified atom stereocenters. The van der Waals surface area contributed by atoms with Gasteiger partial charge in [0.15, 0.2) is 0 Å². The zero-order valence-corrected chi connectivity index (χ0v) is 14.6. The number of rotatable bonds is 8. The van der Waals surface area contributed by atoms with Crippen LogP contribution in [-0.4, -0.2) is 34.3 Å². The second kappa shape index (κ2) is 9.36. The molecule has 2 aromatic rings. The Kier molecular flexibility index (Phi) is 6.91. The molecular weight excluding hydrogens is 332 g/mol. The van der Waals surface area contributed by atoms with Gasteiger partial charge in [0.1, 0.15) is 6.54 Å². The summed E-state index contributed by atoms with van der Waals surface area (Å²) in [6, 6.07) is 17.9. The fourth-order valence-corrected chi connectivity index (χ4v) is 2.69. The molecule has 1 atom stereocenters. The molecule has 0 spiro atoms. The van der Waals surface area contributed by atoms with Gasteiger partial charge in [0.2, 0.25) is 11.8 Å². The van der Waals surface area contributed by atoms with Gasteiger partial charge in [0, 0.05) is 13.5 Å². The van der Waals surface area contributed by atoms with Crippen molar-refractivity contribution in [2.24, 2.45) is 0 Å². The SMILES string of the molecule is CC(=O)N[C@@H](CC(=O)N(CC(=O)O)Cc1ccccc1)c1ccccc1. The average molecular weight is 354 g/mol. The molecule has 0 aliphatic heterocycles. The van der Waals surface area contributed by atoms with Crippen LogP contribution in [0, 0.1) is 0 Å². The number of carboxylic acid groups (broad SMARTS) is 1. The van der Waals surface area contributed by atoms with Crippen molar-refractivity contribution in [2.45, 2.75) is 25.9 Å². The van der Waals surface area contributed by atoms with Gasteiger partial charge in [-0.05, 0) is 11.1 Å². The number of carboxylic acids is 1. The van der Waals surface area contributed by atoms with Gasteiger partial charge in [-0.3, -0.25) is 14.4 Å². The minimum absolute atomic E-state index is 0.0102. The van der Waals surface area contributed by atoms with Gasteiger partial charge in [-0.1, -0.05) is 60.7 Å². The molecule has 0 aliphatic rings. The van der Waals surface area contributed by atoms with Crippen molar-refractivity contribution in [3.8, 4) is 0 Å². The monoisotopic (exact) mass is 354 g/mol. The average Bonchev–Trinajstić information content (AvgIpc) is 2.61. The summed E-state index contributed by atoms with van der Waals surface area (Å²) in [6.45, 7) is 1.20. The van der Waals surface area contributed by atoms with E-state index in [0.717, 1.165) is 11.1 Å². The van der Waals surface area contributed by atoms with Crippen molar-refractivity contribution in [3.05, 3.63) is 71.8 Å². The van der Waals surface area contributed by atoms with Gasteiger partial charge < -0.3 is 15.3 Å². The molecule has 0 fully saturated rings. The molecule has 0 saturated carbocycles. The molecule has 0 radical (unpaired) electrons. The molecule has 2 aromatic carbocycles. The lowest BCUT2D eigenvalue weighted by Crippen LogP contribution is -2.38. The molecule has 0 bridgehead atoms. The molecule has 6 nitrogen and oxygen atoms in total. The summed E-state index contributed by atoms with van der Waals surface area (Å²) < 4.78 is 0. The molecule has 2 amide bonds. The fraction of sp³-hybridized carbons (Fsp3) is 0.250. The number of aliphatic carboxylic acids is 1. The number of carbonyl (C=O) groups is 3. The lowest BCUT2D eigenvalue weighted by atomic mass is 10.0. The summed E-state index contributed by atoms with van der Waals surface area (Å²) >= 11 is 0. The van der Waals surface area contributed by atoms with Crippen molar-refractivity contribution in [3.63, 3.8) is 0 Å². The van der Waals surface area contributed by atoms with Crippen LogP contribution in [0.1, 0.15) is 30.5 Å². The van der Waals surface area contributed by atoms with E-state index >= 15 is 0 Å². The lowest BCUT2D eigenvalue weighted by molar-refractivity contribution is -0.145. The number of nitrogens with one attached hydrogen (secondary N) is 1. The highest BCUT2D eigenvalue weighted by Crippen LogP contribution is 2.19. The van der Waals surface area contributed by atoms with Gasteiger partial charge in [-0.15, -0.1) is 0 Å². The number of carbonyl (C=O) groups excluding carboxylic acids is 2. The highest BCUT2D eigenvalue weighted by molar-refractivity contribution is 5.82. The van der Waals surface area contributed by atoms with Gasteiger partial charge in [-0.2, -0.15) is 0 Å². The van der Waals surface area contributed by atoms with Crippen molar-refractivity contribution in [2.75, 3.05) is 6.54 Å². The molecule has 6 heteroatoms. The van der Waals surface area contributed by atoms with E-state index in [2.05, 4.69) is 5.32 Å². The second-order valence-electron chi connectivity index (χ2n) is 6.00. The Morgan fingerprint density at radius 2 is 1.58 bits per heavy atom. The summed E-state index contributed by atoms with van der Waals surface area (Å²) in [5, 5.41) is 11.9. The van der Waals surface area contributed by atoms with Crippen molar-refractivity contribution in [1.82, 2.24) is 10.2 Å². The number of amides is 2. The van der Waals surface area contributed by atoms with E-state index < -0.39 is 18.6 Å². The normalized spacial score (nSPS) is 11.4. The van der Waals surface area contributed by atoms with Crippen LogP contribution in [0.15, 0.2) is 60.7 Å². The van der Waals surface area contributed by atoms with Crippen molar-refractivity contribution < 1.29 is 19.5 Å². The van der Waals surface area contributed by atoms with Crippen LogP contribution in [0.25, 0.3) is 0 Å². The van der Waals surface area contributed by atoms with Crippen LogP contribution in [0.5, 0.6) is 0 Å². The quantitative estimate of drug-likeness (QED) is 0.762. The summed E-state index contributed by atoms with van der Waals surface area (Å²) in [6.07, 6.45) is -0.0102. The highest BCUT2D eigenvalue weighted by atomic mass is 16.4. The van der Waals surface area contributed by atoms with E-state index in [-0.39, 0.29) is 24.8 Å². The van der Waals surface area contributed by atoms with Crippen molar-refractivity contribution in [1.29, 1.82) is 0 Å². The first-order valence-electron chi connectivity index (χ1n) is 8.31. The highest BCUT2D eigenvalue weighted by Gasteiger charge is 2.23. The maximum atomic E-state index is 12.8. The van der Waals surface area contributed by atoms with Gasteiger partial charge in [0.05, 0.1) is 12.5 Å². The fourth-order valence-electron chi connectivity index (χ4n) is 2.69. The van der Waals surface area contributed by atoms with Gasteiger partial charge in [0.25, 0.3) is 0 Å². The molecule has 2 N–H and O–H groups in total. The number of hydrogen-bond acceptors (Lipinski definition) is 3. The predicted octanol–water partition coefficient (Wildman–Crippen LogP) is 2.37. The summed E-state index contributed by atoms with van der Waals surface area (Å²) in [4.78, 5) is 36.7. The molecule has 0 heterocycles. The van der Waals surface area contributed by atoms with E-state index in [4.69, 9.17) is 5.11 Å². The molecule has 136 valence electrons. The first kappa shape index (κ1) is 19.2. The number of benzene rings is 2. The minimum Gasteiger partial charge on any atom is -0.480 e. The van der Waals surface area contributed by atoms with E-state index in [9.17, 15) is 14.4 Å². The van der Waals surface area contributed by atoms with Crippen LogP contribution in [0.3, 0.4) is 0 Å². The first-order valence-corrected chi connectivity index (χ1v) is 8.31. The molecule has 2 rings (SSSR count). The Balaban J connectivity index is 2.16. The third-order valence-corrected chi connectivity index (χ3v) is 3.85. The van der Waals surface area contributed by atoms with Crippen LogP contribution in [0.4, 0.5) is 0 Å². The molecule has 0 aromatic heterocycles. The molecule has 0 saturated heterocycles. The molecule has 0 aliphatic carbocycles. The third kappa shape index (κ3) is 6.05. The molecular formula is C20H22N2O4. The standard InChI is InChI=1S/C20H22N2O4/c1-15(23)21-18(17-10-6-3-7-11-17)12-19(24)22(14-20(25)26)13-16-8-4-2-5-9-16/h2-11,18H,12-14H2,1H3,(H,21,23)(H,25,26)/t18-/m0/s1. The Hall–Kier alpha value is -3.15. The summed E-state index contributed by atoms with van der Waals surface area (Å²) in [5.41, 5.74) is 1.64. The maximum Gasteiger partial charge on any atom is 0.323 e. The zero-order valence-electron chi connectivity index (χ0n) is 14.6. The topological polar surface area (TPSA) is 86.7 Å². The van der Waals surface area contributed by atoms with Crippen molar-refractivity contribution >= 4 is 17.8 Å². The second-order valence-corrected chi connectivity index (χ2v) is 6.00. The van der Waals surface area contributed by atoms with Gasteiger partial charge >= 0.3 is 5.97 Å². The minimum atomic E-state index is -1.08. The summed E-state index contributed by atoms with van der Waals surface area (Å²) in [7, 11) is 0. The smallest absolute Gasteiger partial charge is 0.323 e. The van der Waals surface area contributed by atoms with E-state index in [1.54, 1.807) is 0 Å². The Labute approximate surface area is 152 Å². The van der Waals surface area contributed by atoms with E-state index in [0.29, 0.717) is 0 Å². The van der Waals surface area contributed by atoms with Crippen LogP contribution in [0.2, 0.25) is 0 Å². The predicted molar refractivity (Wildman–Crippen MR) is 97.1 cm³/mol. The van der Waals surface area contributed by atoms with Gasteiger partial charge in [-0.25, -0.2) is 0 Å². The number of nitrogens with zero attached hydrogens (tertiary/aromatic N) is 1. The Bertz CT molecular complexity index is 747. The lowest BCUT2D eigenvalue weighted by Gasteiger charge is -2.24. The zero-order chi connectivity index (χ0) is 18.9.